The maximum absolute atomic E-state index is 5.42. The molecule has 0 bridgehead atoms. The van der Waals surface area contributed by atoms with Gasteiger partial charge >= 0.3 is 0 Å². The van der Waals surface area contributed by atoms with Crippen molar-refractivity contribution in [2.75, 3.05) is 6.61 Å². The van der Waals surface area contributed by atoms with Crippen LogP contribution in [0, 0.1) is 6.92 Å². The molecule has 74 valence electrons. The first-order valence-corrected chi connectivity index (χ1v) is 4.96. The number of ether oxygens (including phenoxy) is 1. The van der Waals surface area contributed by atoms with Crippen LogP contribution in [-0.2, 0) is 11.3 Å². The molecule has 0 amide bonds. The van der Waals surface area contributed by atoms with Crippen LogP contribution < -0.4 is 0 Å². The largest absolute Gasteiger partial charge is 0.377 e. The second-order valence-corrected chi connectivity index (χ2v) is 3.47. The standard InChI is InChI=1S/C12H15NO/c1-3-14-8-10-5-4-6-12-11(10)7-9(2)13-12/h4-7,13H,3,8H2,1-2H3. The minimum absolute atomic E-state index is 0.700. The lowest BCUT2D eigenvalue weighted by molar-refractivity contribution is 0.135. The lowest BCUT2D eigenvalue weighted by Gasteiger charge is -2.02. The quantitative estimate of drug-likeness (QED) is 0.788. The van der Waals surface area contributed by atoms with Crippen LogP contribution >= 0.6 is 0 Å². The number of hydrogen-bond donors (Lipinski definition) is 1. The van der Waals surface area contributed by atoms with E-state index in [2.05, 4.69) is 36.2 Å². The average Bonchev–Trinajstić information content (AvgIpc) is 2.55. The Labute approximate surface area is 83.9 Å². The summed E-state index contributed by atoms with van der Waals surface area (Å²) in [7, 11) is 0. The van der Waals surface area contributed by atoms with Crippen LogP contribution in [-0.4, -0.2) is 11.6 Å². The molecule has 0 aliphatic heterocycles. The van der Waals surface area contributed by atoms with Crippen LogP contribution in [0.5, 0.6) is 0 Å². The molecule has 0 saturated carbocycles. The van der Waals surface area contributed by atoms with Crippen molar-refractivity contribution in [2.24, 2.45) is 0 Å². The fourth-order valence-electron chi connectivity index (χ4n) is 1.70. The van der Waals surface area contributed by atoms with Crippen LogP contribution in [0.4, 0.5) is 0 Å². The summed E-state index contributed by atoms with van der Waals surface area (Å²) in [6.45, 7) is 5.55. The summed E-state index contributed by atoms with van der Waals surface area (Å²) in [6.07, 6.45) is 0. The molecule has 1 aromatic carbocycles. The van der Waals surface area contributed by atoms with Crippen molar-refractivity contribution in [3.63, 3.8) is 0 Å². The molecule has 0 saturated heterocycles. The third kappa shape index (κ3) is 1.66. The molecule has 0 spiro atoms. The lowest BCUT2D eigenvalue weighted by Crippen LogP contribution is -1.91. The predicted octanol–water partition coefficient (Wildman–Crippen LogP) is 3.01. The number of aromatic nitrogens is 1. The fourth-order valence-corrected chi connectivity index (χ4v) is 1.70. The predicted molar refractivity (Wildman–Crippen MR) is 58.4 cm³/mol. The Morgan fingerprint density at radius 2 is 2.21 bits per heavy atom. The minimum Gasteiger partial charge on any atom is -0.377 e. The number of hydrogen-bond acceptors (Lipinski definition) is 1. The van der Waals surface area contributed by atoms with Gasteiger partial charge < -0.3 is 9.72 Å². The van der Waals surface area contributed by atoms with Gasteiger partial charge in [-0.05, 0) is 31.5 Å². The molecular formula is C12H15NO. The van der Waals surface area contributed by atoms with Gasteiger partial charge in [0.15, 0.2) is 0 Å². The van der Waals surface area contributed by atoms with Gasteiger partial charge in [-0.25, -0.2) is 0 Å². The molecule has 1 heterocycles. The van der Waals surface area contributed by atoms with Crippen molar-refractivity contribution in [2.45, 2.75) is 20.5 Å². The Balaban J connectivity index is 2.42. The minimum atomic E-state index is 0.700. The van der Waals surface area contributed by atoms with E-state index in [0.29, 0.717) is 6.61 Å². The Morgan fingerprint density at radius 3 is 3.00 bits per heavy atom. The number of aromatic amines is 1. The summed E-state index contributed by atoms with van der Waals surface area (Å²) in [5.74, 6) is 0. The number of rotatable bonds is 3. The average molecular weight is 189 g/mol. The third-order valence-corrected chi connectivity index (χ3v) is 2.35. The van der Waals surface area contributed by atoms with Crippen LogP contribution in [0.1, 0.15) is 18.2 Å². The van der Waals surface area contributed by atoms with Gasteiger partial charge in [0, 0.05) is 23.2 Å². The molecule has 0 atom stereocenters. The molecule has 2 heteroatoms. The molecule has 2 aromatic rings. The Kier molecular flexibility index (Phi) is 2.55. The normalized spacial score (nSPS) is 11.0. The van der Waals surface area contributed by atoms with E-state index in [1.165, 1.54) is 22.2 Å². The van der Waals surface area contributed by atoms with Crippen LogP contribution in [0.15, 0.2) is 24.3 Å². The molecular weight excluding hydrogens is 174 g/mol. The van der Waals surface area contributed by atoms with Crippen LogP contribution in [0.2, 0.25) is 0 Å². The Bertz CT molecular complexity index is 431. The second-order valence-electron chi connectivity index (χ2n) is 3.47. The van der Waals surface area contributed by atoms with E-state index in [-0.39, 0.29) is 0 Å². The number of benzene rings is 1. The molecule has 2 nitrogen and oxygen atoms in total. The van der Waals surface area contributed by atoms with E-state index in [9.17, 15) is 0 Å². The molecule has 14 heavy (non-hydrogen) atoms. The first-order chi connectivity index (χ1) is 6.81. The van der Waals surface area contributed by atoms with Gasteiger partial charge in [0.25, 0.3) is 0 Å². The van der Waals surface area contributed by atoms with Gasteiger partial charge in [-0.3, -0.25) is 0 Å². The Hall–Kier alpha value is -1.28. The van der Waals surface area contributed by atoms with E-state index in [1.54, 1.807) is 0 Å². The summed E-state index contributed by atoms with van der Waals surface area (Å²) in [5, 5.41) is 1.28. The summed E-state index contributed by atoms with van der Waals surface area (Å²) in [6, 6.07) is 8.44. The van der Waals surface area contributed by atoms with E-state index in [0.717, 1.165) is 6.61 Å². The first-order valence-electron chi connectivity index (χ1n) is 4.96. The van der Waals surface area contributed by atoms with Crippen molar-refractivity contribution in [1.82, 2.24) is 4.98 Å². The van der Waals surface area contributed by atoms with Crippen LogP contribution in [0.3, 0.4) is 0 Å². The molecule has 2 rings (SSSR count). The topological polar surface area (TPSA) is 25.0 Å². The summed E-state index contributed by atoms with van der Waals surface area (Å²) >= 11 is 0. The monoisotopic (exact) mass is 189 g/mol. The molecule has 1 N–H and O–H groups in total. The van der Waals surface area contributed by atoms with E-state index < -0.39 is 0 Å². The molecule has 0 unspecified atom stereocenters. The molecule has 0 aliphatic rings. The number of aryl methyl sites for hydroxylation is 1. The third-order valence-electron chi connectivity index (χ3n) is 2.35. The number of fused-ring (bicyclic) bond motifs is 1. The highest BCUT2D eigenvalue weighted by molar-refractivity contribution is 5.83. The molecule has 1 aromatic heterocycles. The van der Waals surface area contributed by atoms with E-state index >= 15 is 0 Å². The zero-order chi connectivity index (χ0) is 9.97. The zero-order valence-corrected chi connectivity index (χ0v) is 8.63. The fraction of sp³-hybridized carbons (Fsp3) is 0.333. The van der Waals surface area contributed by atoms with Crippen molar-refractivity contribution >= 4 is 10.9 Å². The van der Waals surface area contributed by atoms with Crippen LogP contribution in [0.25, 0.3) is 10.9 Å². The van der Waals surface area contributed by atoms with E-state index in [4.69, 9.17) is 4.74 Å². The smallest absolute Gasteiger partial charge is 0.0723 e. The maximum atomic E-state index is 5.42. The van der Waals surface area contributed by atoms with Gasteiger partial charge in [-0.1, -0.05) is 12.1 Å². The molecule has 0 fully saturated rings. The number of H-pyrrole nitrogens is 1. The SMILES string of the molecule is CCOCc1cccc2[nH]c(C)cc12. The molecule has 0 radical (unpaired) electrons. The van der Waals surface area contributed by atoms with Gasteiger partial charge in [-0.2, -0.15) is 0 Å². The second kappa shape index (κ2) is 3.84. The summed E-state index contributed by atoms with van der Waals surface area (Å²) in [5.41, 5.74) is 3.65. The van der Waals surface area contributed by atoms with Crippen molar-refractivity contribution in [3.8, 4) is 0 Å². The first kappa shape index (κ1) is 9.28. The van der Waals surface area contributed by atoms with Gasteiger partial charge in [0.05, 0.1) is 6.61 Å². The Morgan fingerprint density at radius 1 is 1.36 bits per heavy atom. The van der Waals surface area contributed by atoms with Crippen molar-refractivity contribution < 1.29 is 4.74 Å². The highest BCUT2D eigenvalue weighted by Crippen LogP contribution is 2.20. The molecule has 0 aliphatic carbocycles. The lowest BCUT2D eigenvalue weighted by atomic mass is 10.1. The maximum Gasteiger partial charge on any atom is 0.0723 e. The van der Waals surface area contributed by atoms with Gasteiger partial charge in [-0.15, -0.1) is 0 Å². The summed E-state index contributed by atoms with van der Waals surface area (Å²) in [4.78, 5) is 3.32. The van der Waals surface area contributed by atoms with Crippen molar-refractivity contribution in [1.29, 1.82) is 0 Å². The van der Waals surface area contributed by atoms with Gasteiger partial charge in [0.1, 0.15) is 0 Å². The zero-order valence-electron chi connectivity index (χ0n) is 8.63. The highest BCUT2D eigenvalue weighted by atomic mass is 16.5. The van der Waals surface area contributed by atoms with Gasteiger partial charge in [0.2, 0.25) is 0 Å². The van der Waals surface area contributed by atoms with E-state index in [1.807, 2.05) is 6.92 Å². The number of nitrogens with one attached hydrogen (secondary N) is 1. The summed E-state index contributed by atoms with van der Waals surface area (Å²) < 4.78 is 5.42. The van der Waals surface area contributed by atoms with Crippen molar-refractivity contribution in [3.05, 3.63) is 35.5 Å². The highest BCUT2D eigenvalue weighted by Gasteiger charge is 2.02.